The van der Waals surface area contributed by atoms with Crippen molar-refractivity contribution >= 4 is 5.91 Å². The molecule has 3 rings (SSSR count). The fourth-order valence-corrected chi connectivity index (χ4v) is 2.68. The molecule has 5 nitrogen and oxygen atoms in total. The summed E-state index contributed by atoms with van der Waals surface area (Å²) in [5.41, 5.74) is 2.62. The summed E-state index contributed by atoms with van der Waals surface area (Å²) < 4.78 is 5.34. The zero-order chi connectivity index (χ0) is 19.3. The van der Waals surface area contributed by atoms with Gasteiger partial charge >= 0.3 is 0 Å². The zero-order valence-electron chi connectivity index (χ0n) is 15.6. The van der Waals surface area contributed by atoms with Gasteiger partial charge in [0, 0.05) is 17.2 Å². The van der Waals surface area contributed by atoms with Crippen LogP contribution in [0.25, 0.3) is 11.3 Å². The predicted octanol–water partition coefficient (Wildman–Crippen LogP) is 3.98. The molecular formula is C22H24N2O3. The van der Waals surface area contributed by atoms with Gasteiger partial charge in [0.1, 0.15) is 5.69 Å². The Labute approximate surface area is 159 Å². The maximum Gasteiger partial charge on any atom is 0.251 e. The summed E-state index contributed by atoms with van der Waals surface area (Å²) in [5.74, 6) is 0.518. The smallest absolute Gasteiger partial charge is 0.251 e. The van der Waals surface area contributed by atoms with E-state index in [4.69, 9.17) is 4.52 Å². The van der Waals surface area contributed by atoms with Crippen molar-refractivity contribution in [2.75, 3.05) is 0 Å². The molecule has 0 bridgehead atoms. The highest BCUT2D eigenvalue weighted by Crippen LogP contribution is 2.19. The Morgan fingerprint density at radius 2 is 1.81 bits per heavy atom. The van der Waals surface area contributed by atoms with Crippen LogP contribution in [0, 0.1) is 0 Å². The van der Waals surface area contributed by atoms with E-state index in [0.29, 0.717) is 30.0 Å². The first-order valence-electron chi connectivity index (χ1n) is 9.01. The van der Waals surface area contributed by atoms with Crippen LogP contribution in [0.3, 0.4) is 0 Å². The Hall–Kier alpha value is -2.92. The van der Waals surface area contributed by atoms with Crippen molar-refractivity contribution in [1.29, 1.82) is 0 Å². The molecule has 2 N–H and O–H groups in total. The van der Waals surface area contributed by atoms with E-state index in [1.165, 1.54) is 0 Å². The third kappa shape index (κ3) is 5.53. The second-order valence-electron chi connectivity index (χ2n) is 7.24. The van der Waals surface area contributed by atoms with Gasteiger partial charge in [0.25, 0.3) is 5.91 Å². The molecule has 0 radical (unpaired) electrons. The number of nitrogens with zero attached hydrogens (tertiary/aromatic N) is 1. The average Bonchev–Trinajstić information content (AvgIpc) is 3.14. The van der Waals surface area contributed by atoms with Crippen molar-refractivity contribution in [3.05, 3.63) is 77.5 Å². The van der Waals surface area contributed by atoms with E-state index in [1.54, 1.807) is 26.0 Å². The molecule has 140 valence electrons. The van der Waals surface area contributed by atoms with Gasteiger partial charge in [-0.25, -0.2) is 0 Å². The molecule has 0 fully saturated rings. The van der Waals surface area contributed by atoms with Crippen molar-refractivity contribution < 1.29 is 14.4 Å². The molecule has 0 spiro atoms. The molecule has 1 heterocycles. The van der Waals surface area contributed by atoms with Crippen molar-refractivity contribution in [1.82, 2.24) is 10.5 Å². The lowest BCUT2D eigenvalue weighted by molar-refractivity contribution is 0.0713. The van der Waals surface area contributed by atoms with E-state index in [1.807, 2.05) is 48.5 Å². The lowest BCUT2D eigenvalue weighted by atomic mass is 9.98. The normalized spacial score (nSPS) is 11.4. The van der Waals surface area contributed by atoms with Crippen LogP contribution in [-0.4, -0.2) is 21.8 Å². The summed E-state index contributed by atoms with van der Waals surface area (Å²) >= 11 is 0. The molecule has 0 atom stereocenters. The summed E-state index contributed by atoms with van der Waals surface area (Å²) in [4.78, 5) is 12.3. The molecule has 2 aromatic carbocycles. The second kappa shape index (κ2) is 8.18. The van der Waals surface area contributed by atoms with Crippen LogP contribution in [0.1, 0.15) is 41.9 Å². The molecule has 27 heavy (non-hydrogen) atoms. The van der Waals surface area contributed by atoms with Crippen LogP contribution in [-0.2, 0) is 13.0 Å². The summed E-state index contributed by atoms with van der Waals surface area (Å²) in [6, 6.07) is 19.0. The van der Waals surface area contributed by atoms with Crippen molar-refractivity contribution in [3.63, 3.8) is 0 Å². The highest BCUT2D eigenvalue weighted by Gasteiger charge is 2.13. The molecule has 1 aromatic heterocycles. The fraction of sp³-hybridized carbons (Fsp3) is 0.273. The lowest BCUT2D eigenvalue weighted by Gasteiger charge is -2.16. The maximum absolute atomic E-state index is 12.3. The van der Waals surface area contributed by atoms with Crippen molar-refractivity contribution in [3.8, 4) is 11.3 Å². The molecule has 0 aliphatic carbocycles. The highest BCUT2D eigenvalue weighted by atomic mass is 16.5. The minimum Gasteiger partial charge on any atom is -0.390 e. The van der Waals surface area contributed by atoms with Gasteiger partial charge in [0.2, 0.25) is 0 Å². The third-order valence-corrected chi connectivity index (χ3v) is 4.29. The minimum absolute atomic E-state index is 0.159. The molecule has 0 aliphatic rings. The zero-order valence-corrected chi connectivity index (χ0v) is 15.6. The number of amides is 1. The largest absolute Gasteiger partial charge is 0.390 e. The quantitative estimate of drug-likeness (QED) is 0.665. The fourth-order valence-electron chi connectivity index (χ4n) is 2.68. The third-order valence-electron chi connectivity index (χ3n) is 4.29. The van der Waals surface area contributed by atoms with Crippen LogP contribution in [0.4, 0.5) is 0 Å². The van der Waals surface area contributed by atoms with Gasteiger partial charge in [-0.3, -0.25) is 4.79 Å². The number of aryl methyl sites for hydroxylation is 1. The maximum atomic E-state index is 12.3. The summed E-state index contributed by atoms with van der Waals surface area (Å²) in [6.07, 6.45) is 1.45. The van der Waals surface area contributed by atoms with Crippen molar-refractivity contribution in [2.24, 2.45) is 0 Å². The number of carbonyl (C=O) groups excluding carboxylic acids is 1. The number of benzene rings is 2. The van der Waals surface area contributed by atoms with Gasteiger partial charge in [0.05, 0.1) is 12.1 Å². The highest BCUT2D eigenvalue weighted by molar-refractivity contribution is 5.94. The standard InChI is InChI=1S/C22H24N2O3/c1-22(2,26)13-12-16-8-10-18(11-9-16)21(25)23-15-19-14-20(27-24-19)17-6-4-3-5-7-17/h3-11,14,26H,12-13,15H2,1-2H3,(H,23,25). The van der Waals surface area contributed by atoms with Crippen molar-refractivity contribution in [2.45, 2.75) is 38.8 Å². The van der Waals surface area contributed by atoms with Gasteiger partial charge in [-0.05, 0) is 44.4 Å². The molecule has 0 saturated carbocycles. The Kier molecular flexibility index (Phi) is 5.72. The molecule has 0 unspecified atom stereocenters. The van der Waals surface area contributed by atoms with Crippen LogP contribution in [0.15, 0.2) is 65.2 Å². The van der Waals surface area contributed by atoms with Crippen LogP contribution < -0.4 is 5.32 Å². The minimum atomic E-state index is -0.688. The van der Waals surface area contributed by atoms with Gasteiger partial charge in [-0.2, -0.15) is 0 Å². The molecular weight excluding hydrogens is 340 g/mol. The average molecular weight is 364 g/mol. The summed E-state index contributed by atoms with van der Waals surface area (Å²) in [5, 5.41) is 16.7. The van der Waals surface area contributed by atoms with E-state index in [0.717, 1.165) is 17.5 Å². The molecule has 5 heteroatoms. The first kappa shape index (κ1) is 18.9. The van der Waals surface area contributed by atoms with E-state index >= 15 is 0 Å². The van der Waals surface area contributed by atoms with Gasteiger partial charge in [0.15, 0.2) is 5.76 Å². The number of hydrogen-bond donors (Lipinski definition) is 2. The monoisotopic (exact) mass is 364 g/mol. The van der Waals surface area contributed by atoms with E-state index in [9.17, 15) is 9.90 Å². The Morgan fingerprint density at radius 1 is 1.11 bits per heavy atom. The van der Waals surface area contributed by atoms with E-state index < -0.39 is 5.60 Å². The van der Waals surface area contributed by atoms with Crippen LogP contribution in [0.2, 0.25) is 0 Å². The molecule has 3 aromatic rings. The first-order chi connectivity index (χ1) is 12.9. The van der Waals surface area contributed by atoms with Gasteiger partial charge in [-0.15, -0.1) is 0 Å². The van der Waals surface area contributed by atoms with Gasteiger partial charge < -0.3 is 14.9 Å². The number of nitrogens with one attached hydrogen (secondary N) is 1. The summed E-state index contributed by atoms with van der Waals surface area (Å²) in [6.45, 7) is 3.89. The van der Waals surface area contributed by atoms with Crippen LogP contribution in [0.5, 0.6) is 0 Å². The summed E-state index contributed by atoms with van der Waals surface area (Å²) in [7, 11) is 0. The second-order valence-corrected chi connectivity index (χ2v) is 7.24. The molecule has 0 saturated heterocycles. The predicted molar refractivity (Wildman–Crippen MR) is 104 cm³/mol. The van der Waals surface area contributed by atoms with E-state index in [-0.39, 0.29) is 5.91 Å². The Bertz CT molecular complexity index is 878. The molecule has 1 amide bonds. The number of hydrogen-bond acceptors (Lipinski definition) is 4. The SMILES string of the molecule is CC(C)(O)CCc1ccc(C(=O)NCc2cc(-c3ccccc3)on2)cc1. The van der Waals surface area contributed by atoms with Crippen LogP contribution >= 0.6 is 0 Å². The Balaban J connectivity index is 1.54. The lowest BCUT2D eigenvalue weighted by Crippen LogP contribution is -2.23. The molecule has 0 aliphatic heterocycles. The first-order valence-corrected chi connectivity index (χ1v) is 9.01. The topological polar surface area (TPSA) is 75.4 Å². The number of rotatable bonds is 7. The van der Waals surface area contributed by atoms with Gasteiger partial charge in [-0.1, -0.05) is 47.6 Å². The Morgan fingerprint density at radius 3 is 2.48 bits per heavy atom. The number of aliphatic hydroxyl groups is 1. The number of aromatic nitrogens is 1. The van der Waals surface area contributed by atoms with E-state index in [2.05, 4.69) is 10.5 Å². The number of carbonyl (C=O) groups is 1.